The number of pyridine rings is 1. The highest BCUT2D eigenvalue weighted by Gasteiger charge is 2.51. The Bertz CT molecular complexity index is 665. The fraction of sp³-hybridized carbons (Fsp3) is 0.476. The molecule has 25 heavy (non-hydrogen) atoms. The van der Waals surface area contributed by atoms with Gasteiger partial charge in [0.1, 0.15) is 0 Å². The maximum absolute atomic E-state index is 6.10. The number of hydrogen-bond acceptors (Lipinski definition) is 3. The predicted molar refractivity (Wildman–Crippen MR) is 106 cm³/mol. The van der Waals surface area contributed by atoms with Gasteiger partial charge in [-0.1, -0.05) is 51.1 Å². The highest BCUT2D eigenvalue weighted by Crippen LogP contribution is 2.36. The van der Waals surface area contributed by atoms with Gasteiger partial charge in [-0.15, -0.1) is 0 Å². The van der Waals surface area contributed by atoms with E-state index < -0.39 is 0 Å². The molecule has 0 bridgehead atoms. The molecule has 0 radical (unpaired) electrons. The zero-order valence-electron chi connectivity index (χ0n) is 16.5. The van der Waals surface area contributed by atoms with Crippen molar-refractivity contribution >= 4 is 12.6 Å². The number of hydrogen-bond donors (Lipinski definition) is 0. The van der Waals surface area contributed by atoms with Gasteiger partial charge >= 0.3 is 7.12 Å². The van der Waals surface area contributed by atoms with Crippen LogP contribution < -0.4 is 5.46 Å². The average molecular weight is 339 g/mol. The Morgan fingerprint density at radius 1 is 0.880 bits per heavy atom. The molecule has 1 aliphatic rings. The third-order valence-corrected chi connectivity index (χ3v) is 4.37. The fourth-order valence-corrected chi connectivity index (χ4v) is 2.36. The minimum Gasteiger partial charge on any atom is -0.399 e. The highest BCUT2D eigenvalue weighted by atomic mass is 16.7. The lowest BCUT2D eigenvalue weighted by molar-refractivity contribution is 0.00578. The van der Waals surface area contributed by atoms with Crippen molar-refractivity contribution in [3.8, 4) is 11.3 Å². The summed E-state index contributed by atoms with van der Waals surface area (Å²) in [4.78, 5) is 4.39. The van der Waals surface area contributed by atoms with Crippen molar-refractivity contribution in [1.82, 2.24) is 4.98 Å². The van der Waals surface area contributed by atoms with E-state index in [1.54, 1.807) is 6.20 Å². The first-order chi connectivity index (χ1) is 11.6. The second kappa shape index (κ2) is 7.71. The molecule has 2 heterocycles. The summed E-state index contributed by atoms with van der Waals surface area (Å²) < 4.78 is 12.2. The average Bonchev–Trinajstić information content (AvgIpc) is 2.76. The summed E-state index contributed by atoms with van der Waals surface area (Å²) in [5.74, 6) is 0.833. The number of nitrogens with zero attached hydrogens (tertiary/aromatic N) is 1. The molecule has 1 aliphatic heterocycles. The SMILES string of the molecule is CC(C)C.CC1(C)OB(c2cccc(-c3ccccn3)c2)OC1(C)C. The normalized spacial score (nSPS) is 18.0. The Kier molecular flexibility index (Phi) is 6.07. The Labute approximate surface area is 152 Å². The van der Waals surface area contributed by atoms with E-state index in [1.807, 2.05) is 30.3 Å². The zero-order valence-corrected chi connectivity index (χ0v) is 16.5. The highest BCUT2D eigenvalue weighted by molar-refractivity contribution is 6.62. The maximum Gasteiger partial charge on any atom is 0.494 e. The van der Waals surface area contributed by atoms with E-state index in [-0.39, 0.29) is 18.3 Å². The Morgan fingerprint density at radius 3 is 2.00 bits per heavy atom. The van der Waals surface area contributed by atoms with Crippen LogP contribution in [0.1, 0.15) is 48.5 Å². The minimum atomic E-state index is -0.335. The maximum atomic E-state index is 6.10. The molecule has 3 rings (SSSR count). The van der Waals surface area contributed by atoms with Gasteiger partial charge in [-0.25, -0.2) is 0 Å². The fourth-order valence-electron chi connectivity index (χ4n) is 2.36. The van der Waals surface area contributed by atoms with E-state index in [4.69, 9.17) is 9.31 Å². The second-order valence-corrected chi connectivity index (χ2v) is 8.16. The first kappa shape index (κ1) is 19.7. The van der Waals surface area contributed by atoms with Gasteiger partial charge in [-0.2, -0.15) is 0 Å². The molecular weight excluding hydrogens is 309 g/mol. The monoisotopic (exact) mass is 339 g/mol. The van der Waals surface area contributed by atoms with E-state index >= 15 is 0 Å². The van der Waals surface area contributed by atoms with Gasteiger partial charge < -0.3 is 9.31 Å². The molecule has 1 saturated heterocycles. The molecule has 2 aromatic rings. The van der Waals surface area contributed by atoms with Crippen LogP contribution in [0.15, 0.2) is 48.7 Å². The number of benzene rings is 1. The Hall–Kier alpha value is -1.65. The number of aromatic nitrogens is 1. The summed E-state index contributed by atoms with van der Waals surface area (Å²) in [6.07, 6.45) is 1.80. The van der Waals surface area contributed by atoms with Crippen LogP contribution >= 0.6 is 0 Å². The van der Waals surface area contributed by atoms with Crippen molar-refractivity contribution in [3.05, 3.63) is 48.7 Å². The van der Waals surface area contributed by atoms with E-state index in [9.17, 15) is 0 Å². The number of rotatable bonds is 2. The minimum absolute atomic E-state index is 0.321. The molecule has 3 nitrogen and oxygen atoms in total. The first-order valence-electron chi connectivity index (χ1n) is 8.99. The van der Waals surface area contributed by atoms with Crippen molar-refractivity contribution < 1.29 is 9.31 Å². The van der Waals surface area contributed by atoms with Crippen molar-refractivity contribution in [2.45, 2.75) is 59.7 Å². The Morgan fingerprint density at radius 2 is 1.48 bits per heavy atom. The van der Waals surface area contributed by atoms with Crippen molar-refractivity contribution in [2.24, 2.45) is 5.92 Å². The standard InChI is InChI=1S/C17H20BNO2.C4H10/c1-16(2)17(3,4)21-18(20-16)14-9-7-8-13(12-14)15-10-5-6-11-19-15;1-4(2)3/h5-12H,1-4H3;4H,1-3H3. The topological polar surface area (TPSA) is 31.4 Å². The van der Waals surface area contributed by atoms with Gasteiger partial charge in [0.25, 0.3) is 0 Å². The molecule has 0 unspecified atom stereocenters. The molecule has 0 atom stereocenters. The molecule has 0 spiro atoms. The molecule has 0 saturated carbocycles. The molecule has 0 aliphatic carbocycles. The van der Waals surface area contributed by atoms with Crippen LogP contribution in [0.25, 0.3) is 11.3 Å². The molecular formula is C21H30BNO2. The summed E-state index contributed by atoms with van der Waals surface area (Å²) in [6, 6.07) is 14.1. The lowest BCUT2D eigenvalue weighted by Gasteiger charge is -2.32. The lowest BCUT2D eigenvalue weighted by Crippen LogP contribution is -2.41. The van der Waals surface area contributed by atoms with Gasteiger partial charge in [-0.3, -0.25) is 4.98 Å². The molecule has 1 fully saturated rings. The summed E-state index contributed by atoms with van der Waals surface area (Å²) in [7, 11) is -0.335. The predicted octanol–water partition coefficient (Wildman–Crippen LogP) is 4.71. The Balaban J connectivity index is 0.000000511. The van der Waals surface area contributed by atoms with E-state index in [0.29, 0.717) is 0 Å². The molecule has 0 N–H and O–H groups in total. The van der Waals surface area contributed by atoms with Gasteiger partial charge in [0.15, 0.2) is 0 Å². The van der Waals surface area contributed by atoms with Crippen molar-refractivity contribution in [3.63, 3.8) is 0 Å². The largest absolute Gasteiger partial charge is 0.494 e. The summed E-state index contributed by atoms with van der Waals surface area (Å²) >= 11 is 0. The summed E-state index contributed by atoms with van der Waals surface area (Å²) in [6.45, 7) is 14.8. The van der Waals surface area contributed by atoms with Crippen LogP contribution in [0.3, 0.4) is 0 Å². The summed E-state index contributed by atoms with van der Waals surface area (Å²) in [5, 5.41) is 0. The molecule has 134 valence electrons. The van der Waals surface area contributed by atoms with E-state index in [2.05, 4.69) is 65.6 Å². The van der Waals surface area contributed by atoms with Crippen LogP contribution in [0, 0.1) is 5.92 Å². The summed E-state index contributed by atoms with van der Waals surface area (Å²) in [5.41, 5.74) is 2.41. The quantitative estimate of drug-likeness (QED) is 0.743. The van der Waals surface area contributed by atoms with Crippen LogP contribution in [0.2, 0.25) is 0 Å². The second-order valence-electron chi connectivity index (χ2n) is 8.16. The molecule has 1 aromatic carbocycles. The van der Waals surface area contributed by atoms with E-state index in [0.717, 1.165) is 22.6 Å². The van der Waals surface area contributed by atoms with Crippen LogP contribution in [-0.4, -0.2) is 23.3 Å². The van der Waals surface area contributed by atoms with E-state index in [1.165, 1.54) is 0 Å². The third kappa shape index (κ3) is 4.93. The molecule has 1 aromatic heterocycles. The van der Waals surface area contributed by atoms with Crippen LogP contribution in [0.5, 0.6) is 0 Å². The van der Waals surface area contributed by atoms with Gasteiger partial charge in [0.05, 0.1) is 16.9 Å². The molecule has 4 heteroatoms. The van der Waals surface area contributed by atoms with Gasteiger partial charge in [-0.05, 0) is 56.8 Å². The smallest absolute Gasteiger partial charge is 0.399 e. The van der Waals surface area contributed by atoms with Gasteiger partial charge in [0.2, 0.25) is 0 Å². The van der Waals surface area contributed by atoms with Crippen molar-refractivity contribution in [1.29, 1.82) is 0 Å². The third-order valence-electron chi connectivity index (χ3n) is 4.37. The molecule has 0 amide bonds. The van der Waals surface area contributed by atoms with Crippen LogP contribution in [-0.2, 0) is 9.31 Å². The lowest BCUT2D eigenvalue weighted by atomic mass is 9.78. The van der Waals surface area contributed by atoms with Gasteiger partial charge in [0, 0.05) is 6.20 Å². The zero-order chi connectivity index (χ0) is 18.7. The van der Waals surface area contributed by atoms with Crippen molar-refractivity contribution in [2.75, 3.05) is 0 Å². The first-order valence-corrected chi connectivity index (χ1v) is 8.99. The van der Waals surface area contributed by atoms with Crippen LogP contribution in [0.4, 0.5) is 0 Å².